The Labute approximate surface area is 290 Å². The molecule has 0 amide bonds. The molecule has 49 heavy (non-hydrogen) atoms. The largest absolute Gasteiger partial charge is 0.381 e. The summed E-state index contributed by atoms with van der Waals surface area (Å²) >= 11 is 0. The van der Waals surface area contributed by atoms with Gasteiger partial charge in [-0.05, 0) is 120 Å². The number of amidine groups is 2. The third-order valence-electron chi connectivity index (χ3n) is 10.2. The molecule has 0 radical (unpaired) electrons. The van der Waals surface area contributed by atoms with Crippen LogP contribution in [0.4, 0.5) is 0 Å². The molecule has 3 aliphatic heterocycles. The first kappa shape index (κ1) is 31.0. The summed E-state index contributed by atoms with van der Waals surface area (Å²) in [5, 5.41) is 3.52. The van der Waals surface area contributed by atoms with Crippen molar-refractivity contribution in [2.45, 2.75) is 56.8 Å². The fourth-order valence-corrected chi connectivity index (χ4v) is 7.59. The zero-order chi connectivity index (χ0) is 33.0. The van der Waals surface area contributed by atoms with Crippen LogP contribution in [0.2, 0.25) is 0 Å². The molecule has 3 aromatic carbocycles. The van der Waals surface area contributed by atoms with E-state index in [4.69, 9.17) is 15.0 Å². The van der Waals surface area contributed by atoms with Gasteiger partial charge in [0.1, 0.15) is 12.0 Å². The van der Waals surface area contributed by atoms with Gasteiger partial charge in [0.15, 0.2) is 5.84 Å². The summed E-state index contributed by atoms with van der Waals surface area (Å²) in [6, 6.07) is 26.9. The van der Waals surface area contributed by atoms with Crippen LogP contribution in [-0.4, -0.2) is 35.9 Å². The Balaban J connectivity index is 1.22. The lowest BCUT2D eigenvalue weighted by atomic mass is 9.87. The Bertz CT molecular complexity index is 1990. The van der Waals surface area contributed by atoms with E-state index in [-0.39, 0.29) is 24.2 Å². The van der Waals surface area contributed by atoms with Crippen molar-refractivity contribution in [2.75, 3.05) is 7.05 Å². The van der Waals surface area contributed by atoms with Crippen molar-refractivity contribution in [3.8, 4) is 11.1 Å². The van der Waals surface area contributed by atoms with E-state index < -0.39 is 0 Å². The first-order valence-electron chi connectivity index (χ1n) is 17.7. The lowest BCUT2D eigenvalue weighted by Crippen LogP contribution is -2.40. The van der Waals surface area contributed by atoms with Gasteiger partial charge < -0.3 is 10.2 Å². The zero-order valence-electron chi connectivity index (χ0n) is 28.1. The highest BCUT2D eigenvalue weighted by Gasteiger charge is 2.32. The van der Waals surface area contributed by atoms with Crippen molar-refractivity contribution in [3.05, 3.63) is 162 Å². The van der Waals surface area contributed by atoms with Crippen LogP contribution >= 0.6 is 0 Å². The number of hydrogen-bond donors (Lipinski definition) is 1. The van der Waals surface area contributed by atoms with Crippen molar-refractivity contribution in [3.63, 3.8) is 0 Å². The van der Waals surface area contributed by atoms with E-state index >= 15 is 0 Å². The number of aliphatic imine (C=N–C) groups is 3. The van der Waals surface area contributed by atoms with Gasteiger partial charge in [0.25, 0.3) is 0 Å². The molecule has 0 saturated carbocycles. The first-order chi connectivity index (χ1) is 24.2. The van der Waals surface area contributed by atoms with Crippen LogP contribution in [-0.2, 0) is 0 Å². The van der Waals surface area contributed by atoms with Crippen LogP contribution in [0.3, 0.4) is 0 Å². The second kappa shape index (κ2) is 14.1. The fraction of sp³-hybridized carbons (Fsp3) is 0.250. The molecule has 0 bridgehead atoms. The van der Waals surface area contributed by atoms with Gasteiger partial charge in [-0.15, -0.1) is 0 Å². The predicted molar refractivity (Wildman–Crippen MR) is 205 cm³/mol. The summed E-state index contributed by atoms with van der Waals surface area (Å²) in [7, 11) is 2.17. The van der Waals surface area contributed by atoms with Crippen LogP contribution < -0.4 is 5.32 Å². The summed E-state index contributed by atoms with van der Waals surface area (Å²) in [4.78, 5) is 17.9. The van der Waals surface area contributed by atoms with Crippen LogP contribution in [0, 0.1) is 5.92 Å². The molecular weight excluding hydrogens is 599 g/mol. The number of benzene rings is 3. The summed E-state index contributed by atoms with van der Waals surface area (Å²) in [5.41, 5.74) is 9.97. The number of nitrogens with zero attached hydrogens (tertiary/aromatic N) is 4. The molecule has 4 atom stereocenters. The van der Waals surface area contributed by atoms with Crippen molar-refractivity contribution in [2.24, 2.45) is 20.9 Å². The summed E-state index contributed by atoms with van der Waals surface area (Å²) in [5.74, 6) is 1.94. The molecule has 4 unspecified atom stereocenters. The molecule has 5 heteroatoms. The topological polar surface area (TPSA) is 52.3 Å². The van der Waals surface area contributed by atoms with Gasteiger partial charge in [-0.3, -0.25) is 4.99 Å². The van der Waals surface area contributed by atoms with E-state index in [9.17, 15) is 0 Å². The smallest absolute Gasteiger partial charge is 0.159 e. The molecule has 2 aliphatic carbocycles. The molecule has 3 heterocycles. The molecule has 0 fully saturated rings. The number of rotatable bonds is 7. The number of allylic oxidation sites excluding steroid dienone is 7. The van der Waals surface area contributed by atoms with Crippen LogP contribution in [0.25, 0.3) is 16.7 Å². The zero-order valence-corrected chi connectivity index (χ0v) is 28.1. The summed E-state index contributed by atoms with van der Waals surface area (Å²) in [6.07, 6.45) is 30.1. The van der Waals surface area contributed by atoms with Gasteiger partial charge >= 0.3 is 0 Å². The highest BCUT2D eigenvalue weighted by molar-refractivity contribution is 6.09. The minimum Gasteiger partial charge on any atom is -0.381 e. The second-order valence-corrected chi connectivity index (χ2v) is 13.5. The van der Waals surface area contributed by atoms with Crippen molar-refractivity contribution in [1.82, 2.24) is 10.2 Å². The molecule has 0 spiro atoms. The molecule has 1 N–H and O–H groups in total. The number of dihydropyridines is 2. The van der Waals surface area contributed by atoms with Gasteiger partial charge in [0, 0.05) is 24.7 Å². The Morgan fingerprint density at radius 3 is 2.49 bits per heavy atom. The quantitative estimate of drug-likeness (QED) is 0.279. The van der Waals surface area contributed by atoms with Gasteiger partial charge in [-0.25, -0.2) is 9.98 Å². The highest BCUT2D eigenvalue weighted by atomic mass is 15.3. The molecule has 3 aromatic rings. The van der Waals surface area contributed by atoms with E-state index in [1.54, 1.807) is 0 Å². The normalized spacial score (nSPS) is 24.6. The van der Waals surface area contributed by atoms with Crippen LogP contribution in [0.15, 0.2) is 154 Å². The van der Waals surface area contributed by atoms with E-state index in [0.717, 1.165) is 42.9 Å². The highest BCUT2D eigenvalue weighted by Crippen LogP contribution is 2.38. The van der Waals surface area contributed by atoms with Crippen molar-refractivity contribution in [1.29, 1.82) is 0 Å². The SMILES string of the molecule is CN1C(C2C=CC=C(C3C=CC=CN3)C2)=NC(c2cccc(C3CC=CC=N3)c2)=NC1c1cc(C2=CCCCC2)cc(-c2ccccc2)c1. The van der Waals surface area contributed by atoms with Crippen molar-refractivity contribution >= 4 is 23.5 Å². The fourth-order valence-electron chi connectivity index (χ4n) is 7.59. The minimum atomic E-state index is -0.230. The second-order valence-electron chi connectivity index (χ2n) is 13.5. The average Bonchev–Trinajstić information content (AvgIpc) is 3.19. The van der Waals surface area contributed by atoms with E-state index in [1.165, 1.54) is 51.8 Å². The van der Waals surface area contributed by atoms with Crippen LogP contribution in [0.5, 0.6) is 0 Å². The molecule has 0 aromatic heterocycles. The standard InChI is InChI=1S/C44H43N5/c1-49-43(36-21-13-19-34(27-36)41-23-9-11-25-46-41)47-42(35-20-12-18-33(26-35)40-22-8-10-24-45-40)48-44(49)39-29-37(31-14-4-2-5-15-31)28-38(30-39)32-16-6-3-7-17-32/h2,4-5,8-16,18-21,23-26,28-30,36,40-41,44,46H,3,6-7,17,22,27H2,1H3. The number of nitrogens with one attached hydrogen (secondary N) is 1. The van der Waals surface area contributed by atoms with Gasteiger partial charge in [0.05, 0.1) is 12.1 Å². The molecule has 8 rings (SSSR count). The lowest BCUT2D eigenvalue weighted by Gasteiger charge is -2.37. The molecule has 0 saturated heterocycles. The van der Waals surface area contributed by atoms with Gasteiger partial charge in [-0.2, -0.15) is 0 Å². The maximum Gasteiger partial charge on any atom is 0.159 e. The van der Waals surface area contributed by atoms with Gasteiger partial charge in [-0.1, -0.05) is 91.1 Å². The monoisotopic (exact) mass is 641 g/mol. The Hall–Kier alpha value is -5.29. The lowest BCUT2D eigenvalue weighted by molar-refractivity contribution is 0.365. The first-order valence-corrected chi connectivity index (χ1v) is 17.7. The molecule has 244 valence electrons. The summed E-state index contributed by atoms with van der Waals surface area (Å²) in [6.45, 7) is 0. The molecule has 5 nitrogen and oxygen atoms in total. The molecule has 5 aliphatic rings. The third kappa shape index (κ3) is 6.71. The summed E-state index contributed by atoms with van der Waals surface area (Å²) < 4.78 is 0. The van der Waals surface area contributed by atoms with Gasteiger partial charge in [0.2, 0.25) is 0 Å². The van der Waals surface area contributed by atoms with E-state index in [2.05, 4.69) is 133 Å². The average molecular weight is 642 g/mol. The Morgan fingerprint density at radius 2 is 1.67 bits per heavy atom. The Kier molecular flexibility index (Phi) is 8.89. The van der Waals surface area contributed by atoms with Crippen molar-refractivity contribution < 1.29 is 0 Å². The van der Waals surface area contributed by atoms with E-state index in [1.807, 2.05) is 24.6 Å². The third-order valence-corrected chi connectivity index (χ3v) is 10.2. The maximum atomic E-state index is 5.48. The molecular formula is C44H43N5. The van der Waals surface area contributed by atoms with Crippen LogP contribution in [0.1, 0.15) is 73.0 Å². The minimum absolute atomic E-state index is 0.115. The maximum absolute atomic E-state index is 5.48. The number of hydrogen-bond acceptors (Lipinski definition) is 5. The van der Waals surface area contributed by atoms with E-state index in [0.29, 0.717) is 0 Å². The Morgan fingerprint density at radius 1 is 0.796 bits per heavy atom. The predicted octanol–water partition coefficient (Wildman–Crippen LogP) is 9.72.